The van der Waals surface area contributed by atoms with Crippen molar-refractivity contribution in [1.82, 2.24) is 5.32 Å². The molecule has 0 aromatic heterocycles. The Labute approximate surface area is 96.4 Å². The summed E-state index contributed by atoms with van der Waals surface area (Å²) in [6, 6.07) is 10.1. The van der Waals surface area contributed by atoms with E-state index < -0.39 is 6.10 Å². The van der Waals surface area contributed by atoms with Gasteiger partial charge in [0.05, 0.1) is 12.7 Å². The van der Waals surface area contributed by atoms with Crippen LogP contribution in [-0.2, 0) is 0 Å². The SMILES string of the molecule is C/C(=C/c1ccccc1)CNC[C@H](O)CO. The maximum absolute atomic E-state index is 9.13. The molecule has 0 spiro atoms. The Morgan fingerprint density at radius 3 is 2.69 bits per heavy atom. The summed E-state index contributed by atoms with van der Waals surface area (Å²) in [5, 5.41) is 20.8. The Balaban J connectivity index is 2.35. The largest absolute Gasteiger partial charge is 0.394 e. The van der Waals surface area contributed by atoms with E-state index in [0.29, 0.717) is 13.1 Å². The van der Waals surface area contributed by atoms with E-state index in [9.17, 15) is 0 Å². The van der Waals surface area contributed by atoms with E-state index in [1.165, 1.54) is 11.1 Å². The molecular formula is C13H19NO2. The Morgan fingerprint density at radius 1 is 1.38 bits per heavy atom. The third kappa shape index (κ3) is 5.07. The van der Waals surface area contributed by atoms with Gasteiger partial charge in [-0.15, -0.1) is 0 Å². The fourth-order valence-corrected chi connectivity index (χ4v) is 1.39. The second kappa shape index (κ2) is 7.17. The van der Waals surface area contributed by atoms with Gasteiger partial charge in [0.1, 0.15) is 0 Å². The molecular weight excluding hydrogens is 202 g/mol. The molecule has 16 heavy (non-hydrogen) atoms. The lowest BCUT2D eigenvalue weighted by Crippen LogP contribution is -2.30. The van der Waals surface area contributed by atoms with Crippen LogP contribution in [0.3, 0.4) is 0 Å². The first kappa shape index (κ1) is 12.9. The molecule has 0 aliphatic rings. The molecule has 0 amide bonds. The van der Waals surface area contributed by atoms with Crippen LogP contribution in [0.4, 0.5) is 0 Å². The van der Waals surface area contributed by atoms with E-state index in [0.717, 1.165) is 0 Å². The maximum atomic E-state index is 9.13. The lowest BCUT2D eigenvalue weighted by Gasteiger charge is -2.08. The van der Waals surface area contributed by atoms with Crippen molar-refractivity contribution in [1.29, 1.82) is 0 Å². The van der Waals surface area contributed by atoms with Crippen LogP contribution in [0, 0.1) is 0 Å². The van der Waals surface area contributed by atoms with Crippen molar-refractivity contribution < 1.29 is 10.2 Å². The molecule has 0 saturated heterocycles. The predicted octanol–water partition coefficient (Wildman–Crippen LogP) is 1.03. The van der Waals surface area contributed by atoms with Gasteiger partial charge >= 0.3 is 0 Å². The summed E-state index contributed by atoms with van der Waals surface area (Å²) < 4.78 is 0. The van der Waals surface area contributed by atoms with Gasteiger partial charge in [-0.25, -0.2) is 0 Å². The van der Waals surface area contributed by atoms with Gasteiger partial charge in [0.25, 0.3) is 0 Å². The average Bonchev–Trinajstić information content (AvgIpc) is 2.30. The Bertz CT molecular complexity index is 322. The van der Waals surface area contributed by atoms with E-state index in [2.05, 4.69) is 11.4 Å². The molecule has 0 aliphatic carbocycles. The van der Waals surface area contributed by atoms with Gasteiger partial charge in [-0.3, -0.25) is 0 Å². The number of rotatable bonds is 6. The van der Waals surface area contributed by atoms with Gasteiger partial charge in [0.2, 0.25) is 0 Å². The normalized spacial score (nSPS) is 13.8. The Morgan fingerprint density at radius 2 is 2.06 bits per heavy atom. The van der Waals surface area contributed by atoms with Crippen LogP contribution in [-0.4, -0.2) is 36.0 Å². The van der Waals surface area contributed by atoms with Gasteiger partial charge in [-0.1, -0.05) is 42.0 Å². The standard InChI is InChI=1S/C13H19NO2/c1-11(8-14-9-13(16)10-15)7-12-5-3-2-4-6-12/h2-7,13-16H,8-10H2,1H3/b11-7-/t13-/m0/s1. The van der Waals surface area contributed by atoms with E-state index in [-0.39, 0.29) is 6.61 Å². The van der Waals surface area contributed by atoms with E-state index in [4.69, 9.17) is 10.2 Å². The van der Waals surface area contributed by atoms with Crippen molar-refractivity contribution in [3.8, 4) is 0 Å². The lowest BCUT2D eigenvalue weighted by molar-refractivity contribution is 0.0952. The van der Waals surface area contributed by atoms with Crippen LogP contribution in [0.2, 0.25) is 0 Å². The highest BCUT2D eigenvalue weighted by Gasteiger charge is 1.99. The maximum Gasteiger partial charge on any atom is 0.0895 e. The van der Waals surface area contributed by atoms with Crippen LogP contribution in [0.1, 0.15) is 12.5 Å². The molecule has 3 nitrogen and oxygen atoms in total. The summed E-state index contributed by atoms with van der Waals surface area (Å²) in [6.07, 6.45) is 1.42. The third-order valence-corrected chi connectivity index (χ3v) is 2.21. The molecule has 3 heteroatoms. The molecule has 88 valence electrons. The number of hydrogen-bond acceptors (Lipinski definition) is 3. The molecule has 1 atom stereocenters. The number of benzene rings is 1. The van der Waals surface area contributed by atoms with Gasteiger partial charge in [0, 0.05) is 13.1 Å². The zero-order valence-corrected chi connectivity index (χ0v) is 9.56. The topological polar surface area (TPSA) is 52.5 Å². The molecule has 0 bridgehead atoms. The molecule has 0 radical (unpaired) electrons. The van der Waals surface area contributed by atoms with Gasteiger partial charge in [-0.2, -0.15) is 0 Å². The van der Waals surface area contributed by atoms with Crippen LogP contribution < -0.4 is 5.32 Å². The second-order valence-electron chi connectivity index (χ2n) is 3.87. The minimum absolute atomic E-state index is 0.200. The monoisotopic (exact) mass is 221 g/mol. The first-order valence-electron chi connectivity index (χ1n) is 5.44. The fraction of sp³-hybridized carbons (Fsp3) is 0.385. The highest BCUT2D eigenvalue weighted by atomic mass is 16.3. The van der Waals surface area contributed by atoms with Crippen molar-refractivity contribution >= 4 is 6.08 Å². The summed E-state index contributed by atoms with van der Waals surface area (Å²) in [5.41, 5.74) is 2.36. The van der Waals surface area contributed by atoms with E-state index in [1.54, 1.807) is 0 Å². The summed E-state index contributed by atoms with van der Waals surface area (Å²) in [6.45, 7) is 2.96. The highest BCUT2D eigenvalue weighted by molar-refractivity contribution is 5.52. The van der Waals surface area contributed by atoms with Gasteiger partial charge in [-0.05, 0) is 12.5 Å². The lowest BCUT2D eigenvalue weighted by atomic mass is 10.1. The summed E-state index contributed by atoms with van der Waals surface area (Å²) in [5.74, 6) is 0. The van der Waals surface area contributed by atoms with Crippen molar-refractivity contribution in [2.75, 3.05) is 19.7 Å². The molecule has 0 unspecified atom stereocenters. The Kier molecular flexibility index (Phi) is 5.78. The third-order valence-electron chi connectivity index (χ3n) is 2.21. The van der Waals surface area contributed by atoms with Crippen molar-refractivity contribution in [3.05, 3.63) is 41.5 Å². The number of aliphatic hydroxyl groups is 2. The quantitative estimate of drug-likeness (QED) is 0.672. The zero-order chi connectivity index (χ0) is 11.8. The molecule has 0 heterocycles. The first-order valence-corrected chi connectivity index (χ1v) is 5.44. The van der Waals surface area contributed by atoms with E-state index in [1.807, 2.05) is 37.3 Å². The molecule has 0 aliphatic heterocycles. The number of aliphatic hydroxyl groups excluding tert-OH is 2. The molecule has 0 fully saturated rings. The first-order chi connectivity index (χ1) is 7.72. The molecule has 1 aromatic rings. The number of nitrogens with one attached hydrogen (secondary N) is 1. The van der Waals surface area contributed by atoms with Crippen molar-refractivity contribution in [2.45, 2.75) is 13.0 Å². The summed E-state index contributed by atoms with van der Waals surface area (Å²) in [4.78, 5) is 0. The number of hydrogen-bond donors (Lipinski definition) is 3. The minimum atomic E-state index is -0.676. The van der Waals surface area contributed by atoms with Crippen molar-refractivity contribution in [3.63, 3.8) is 0 Å². The molecule has 1 rings (SSSR count). The van der Waals surface area contributed by atoms with Crippen LogP contribution >= 0.6 is 0 Å². The second-order valence-corrected chi connectivity index (χ2v) is 3.87. The predicted molar refractivity (Wildman–Crippen MR) is 66.1 cm³/mol. The summed E-state index contributed by atoms with van der Waals surface area (Å²) in [7, 11) is 0. The fourth-order valence-electron chi connectivity index (χ4n) is 1.39. The van der Waals surface area contributed by atoms with Crippen LogP contribution in [0.5, 0.6) is 0 Å². The van der Waals surface area contributed by atoms with Gasteiger partial charge in [0.15, 0.2) is 0 Å². The van der Waals surface area contributed by atoms with Gasteiger partial charge < -0.3 is 15.5 Å². The zero-order valence-electron chi connectivity index (χ0n) is 9.56. The highest BCUT2D eigenvalue weighted by Crippen LogP contribution is 2.04. The minimum Gasteiger partial charge on any atom is -0.394 e. The molecule has 3 N–H and O–H groups in total. The van der Waals surface area contributed by atoms with Crippen molar-refractivity contribution in [2.24, 2.45) is 0 Å². The smallest absolute Gasteiger partial charge is 0.0895 e. The Hall–Kier alpha value is -1.16. The van der Waals surface area contributed by atoms with Crippen LogP contribution in [0.25, 0.3) is 6.08 Å². The summed E-state index contributed by atoms with van der Waals surface area (Å²) >= 11 is 0. The molecule has 0 saturated carbocycles. The molecule has 1 aromatic carbocycles. The van der Waals surface area contributed by atoms with Crippen LogP contribution in [0.15, 0.2) is 35.9 Å². The average molecular weight is 221 g/mol. The van der Waals surface area contributed by atoms with E-state index >= 15 is 0 Å².